The van der Waals surface area contributed by atoms with Gasteiger partial charge in [-0.2, -0.15) is 0 Å². The van der Waals surface area contributed by atoms with Crippen molar-refractivity contribution in [3.63, 3.8) is 0 Å². The molecule has 1 aromatic carbocycles. The molecule has 1 aliphatic rings. The van der Waals surface area contributed by atoms with Crippen LogP contribution in [0, 0.1) is 5.82 Å². The number of piperidine rings is 1. The summed E-state index contributed by atoms with van der Waals surface area (Å²) in [5.41, 5.74) is 6.00. The lowest BCUT2D eigenvalue weighted by molar-refractivity contribution is 0.0997. The number of nitrogens with two attached hydrogens (primary N) is 1. The largest absolute Gasteiger partial charge is 0.368 e. The zero-order chi connectivity index (χ0) is 14.5. The number of carbonyl (C=O) groups excluding carboxylic acids is 1. The number of hydrogen-bond donors (Lipinski definition) is 2. The Morgan fingerprint density at radius 2 is 2.30 bits per heavy atom. The molecular formula is C15H22FN3O. The van der Waals surface area contributed by atoms with Gasteiger partial charge in [-0.05, 0) is 51.4 Å². The third-order valence-corrected chi connectivity index (χ3v) is 3.90. The van der Waals surface area contributed by atoms with Crippen molar-refractivity contribution in [1.82, 2.24) is 5.32 Å². The number of nitrogens with zero attached hydrogens (tertiary/aromatic N) is 1. The second-order valence-corrected chi connectivity index (χ2v) is 5.23. The van der Waals surface area contributed by atoms with E-state index in [1.807, 2.05) is 7.05 Å². The maximum Gasteiger partial charge on any atom is 0.253 e. The van der Waals surface area contributed by atoms with Crippen LogP contribution in [0.2, 0.25) is 0 Å². The van der Waals surface area contributed by atoms with Crippen LogP contribution in [0.25, 0.3) is 0 Å². The molecule has 1 heterocycles. The highest BCUT2D eigenvalue weighted by atomic mass is 19.1. The van der Waals surface area contributed by atoms with Crippen molar-refractivity contribution in [2.24, 2.45) is 5.73 Å². The average Bonchev–Trinajstić information content (AvgIpc) is 2.44. The highest BCUT2D eigenvalue weighted by Crippen LogP contribution is 2.30. The molecule has 1 unspecified atom stereocenters. The second-order valence-electron chi connectivity index (χ2n) is 5.23. The number of benzene rings is 1. The minimum absolute atomic E-state index is 0.0175. The van der Waals surface area contributed by atoms with Crippen LogP contribution >= 0.6 is 0 Å². The van der Waals surface area contributed by atoms with E-state index >= 15 is 0 Å². The fourth-order valence-electron chi connectivity index (χ4n) is 2.92. The summed E-state index contributed by atoms with van der Waals surface area (Å²) in [6.45, 7) is 1.75. The summed E-state index contributed by atoms with van der Waals surface area (Å²) in [7, 11) is 1.92. The molecule has 2 rings (SSSR count). The van der Waals surface area contributed by atoms with Gasteiger partial charge in [0.1, 0.15) is 5.82 Å². The topological polar surface area (TPSA) is 58.4 Å². The van der Waals surface area contributed by atoms with Crippen LogP contribution in [-0.4, -0.2) is 32.1 Å². The number of halogens is 1. The summed E-state index contributed by atoms with van der Waals surface area (Å²) in [4.78, 5) is 13.7. The quantitative estimate of drug-likeness (QED) is 0.865. The first-order valence-corrected chi connectivity index (χ1v) is 7.14. The Bertz CT molecular complexity index is 478. The van der Waals surface area contributed by atoms with Gasteiger partial charge in [-0.25, -0.2) is 4.39 Å². The number of nitrogens with one attached hydrogen (secondary N) is 1. The van der Waals surface area contributed by atoms with Crippen LogP contribution < -0.4 is 16.0 Å². The van der Waals surface area contributed by atoms with Crippen LogP contribution in [0.15, 0.2) is 18.2 Å². The number of rotatable bonds is 5. The second kappa shape index (κ2) is 6.70. The van der Waals surface area contributed by atoms with E-state index in [0.717, 1.165) is 32.4 Å². The third-order valence-electron chi connectivity index (χ3n) is 3.90. The summed E-state index contributed by atoms with van der Waals surface area (Å²) >= 11 is 0. The van der Waals surface area contributed by atoms with Crippen LogP contribution in [-0.2, 0) is 0 Å². The van der Waals surface area contributed by atoms with Crippen molar-refractivity contribution in [1.29, 1.82) is 0 Å². The predicted molar refractivity (Wildman–Crippen MR) is 78.4 cm³/mol. The van der Waals surface area contributed by atoms with Crippen LogP contribution in [0.5, 0.6) is 0 Å². The van der Waals surface area contributed by atoms with Crippen LogP contribution in [0.4, 0.5) is 10.1 Å². The number of primary amides is 1. The van der Waals surface area contributed by atoms with Gasteiger partial charge in [-0.3, -0.25) is 4.79 Å². The minimum Gasteiger partial charge on any atom is -0.368 e. The van der Waals surface area contributed by atoms with Crippen molar-refractivity contribution in [3.8, 4) is 0 Å². The smallest absolute Gasteiger partial charge is 0.253 e. The van der Waals surface area contributed by atoms with Gasteiger partial charge < -0.3 is 16.0 Å². The van der Waals surface area contributed by atoms with Crippen molar-refractivity contribution in [2.45, 2.75) is 31.7 Å². The van der Waals surface area contributed by atoms with E-state index in [-0.39, 0.29) is 5.56 Å². The predicted octanol–water partition coefficient (Wildman–Crippen LogP) is 1.89. The summed E-state index contributed by atoms with van der Waals surface area (Å²) in [6, 6.07) is 5.05. The fourth-order valence-corrected chi connectivity index (χ4v) is 2.92. The van der Waals surface area contributed by atoms with E-state index in [1.54, 1.807) is 12.1 Å². The minimum atomic E-state index is -0.698. The van der Waals surface area contributed by atoms with Crippen LogP contribution in [0.3, 0.4) is 0 Å². The molecule has 1 amide bonds. The van der Waals surface area contributed by atoms with Gasteiger partial charge >= 0.3 is 0 Å². The number of hydrogen-bond acceptors (Lipinski definition) is 3. The van der Waals surface area contributed by atoms with Gasteiger partial charge in [0.05, 0.1) is 11.3 Å². The average molecular weight is 279 g/mol. The van der Waals surface area contributed by atoms with Gasteiger partial charge in [0.15, 0.2) is 0 Å². The molecule has 0 spiro atoms. The molecule has 4 nitrogen and oxygen atoms in total. The molecule has 1 aromatic rings. The zero-order valence-electron chi connectivity index (χ0n) is 11.9. The van der Waals surface area contributed by atoms with E-state index in [0.29, 0.717) is 11.7 Å². The Morgan fingerprint density at radius 3 is 3.00 bits per heavy atom. The van der Waals surface area contributed by atoms with Crippen molar-refractivity contribution in [2.75, 3.05) is 25.0 Å². The molecule has 1 fully saturated rings. The Kier molecular flexibility index (Phi) is 4.95. The number of amides is 1. The van der Waals surface area contributed by atoms with E-state index < -0.39 is 11.7 Å². The standard InChI is InChI=1S/C15H22FN3O/c1-18-9-8-11-5-2-3-10-19(11)13-7-4-6-12(16)14(13)15(17)20/h4,6-7,11,18H,2-3,5,8-10H2,1H3,(H2,17,20). The first-order valence-electron chi connectivity index (χ1n) is 7.14. The molecular weight excluding hydrogens is 257 g/mol. The highest BCUT2D eigenvalue weighted by Gasteiger charge is 2.26. The summed E-state index contributed by atoms with van der Waals surface area (Å²) in [5, 5.41) is 3.14. The summed E-state index contributed by atoms with van der Waals surface area (Å²) in [6.07, 6.45) is 4.28. The van der Waals surface area contributed by atoms with Gasteiger partial charge in [-0.15, -0.1) is 0 Å². The van der Waals surface area contributed by atoms with Crippen molar-refractivity contribution in [3.05, 3.63) is 29.6 Å². The number of carbonyl (C=O) groups is 1. The Hall–Kier alpha value is -1.62. The molecule has 20 heavy (non-hydrogen) atoms. The van der Waals surface area contributed by atoms with E-state index in [4.69, 9.17) is 5.73 Å². The van der Waals surface area contributed by atoms with Gasteiger partial charge in [-0.1, -0.05) is 6.07 Å². The molecule has 1 aliphatic heterocycles. The van der Waals surface area contributed by atoms with E-state index in [2.05, 4.69) is 10.2 Å². The molecule has 110 valence electrons. The molecule has 1 atom stereocenters. The van der Waals surface area contributed by atoms with Crippen molar-refractivity contribution < 1.29 is 9.18 Å². The van der Waals surface area contributed by atoms with Crippen molar-refractivity contribution >= 4 is 11.6 Å². The Balaban J connectivity index is 2.32. The molecule has 0 aliphatic carbocycles. The molecule has 0 aromatic heterocycles. The molecule has 5 heteroatoms. The lowest BCUT2D eigenvalue weighted by Gasteiger charge is -2.38. The molecule has 0 bridgehead atoms. The lowest BCUT2D eigenvalue weighted by atomic mass is 9.97. The van der Waals surface area contributed by atoms with E-state index in [9.17, 15) is 9.18 Å². The maximum absolute atomic E-state index is 13.9. The first kappa shape index (κ1) is 14.8. The monoisotopic (exact) mass is 279 g/mol. The van der Waals surface area contributed by atoms with Crippen LogP contribution in [0.1, 0.15) is 36.0 Å². The molecule has 1 saturated heterocycles. The fraction of sp³-hybridized carbons (Fsp3) is 0.533. The van der Waals surface area contributed by atoms with Gasteiger partial charge in [0, 0.05) is 12.6 Å². The zero-order valence-corrected chi connectivity index (χ0v) is 11.9. The SMILES string of the molecule is CNCCC1CCCCN1c1cccc(F)c1C(N)=O. The Labute approximate surface area is 119 Å². The maximum atomic E-state index is 13.9. The van der Waals surface area contributed by atoms with Gasteiger partial charge in [0.2, 0.25) is 0 Å². The summed E-state index contributed by atoms with van der Waals surface area (Å²) in [5.74, 6) is -1.23. The lowest BCUT2D eigenvalue weighted by Crippen LogP contribution is -2.42. The molecule has 0 saturated carbocycles. The molecule has 0 radical (unpaired) electrons. The Morgan fingerprint density at radius 1 is 1.50 bits per heavy atom. The van der Waals surface area contributed by atoms with Gasteiger partial charge in [0.25, 0.3) is 5.91 Å². The highest BCUT2D eigenvalue weighted by molar-refractivity contribution is 5.99. The first-order chi connectivity index (χ1) is 9.65. The van der Waals surface area contributed by atoms with E-state index in [1.165, 1.54) is 12.5 Å². The normalized spacial score (nSPS) is 19.1. The molecule has 3 N–H and O–H groups in total. The summed E-state index contributed by atoms with van der Waals surface area (Å²) < 4.78 is 13.9. The number of anilines is 1. The third kappa shape index (κ3) is 3.10.